The van der Waals surface area contributed by atoms with E-state index >= 15 is 0 Å². The molecule has 1 heterocycles. The van der Waals surface area contributed by atoms with Gasteiger partial charge >= 0.3 is 5.97 Å². The highest BCUT2D eigenvalue weighted by molar-refractivity contribution is 6.29. The second-order valence-corrected chi connectivity index (χ2v) is 4.60. The number of esters is 1. The second kappa shape index (κ2) is 6.45. The van der Waals surface area contributed by atoms with E-state index in [4.69, 9.17) is 16.3 Å². The average molecular weight is 257 g/mol. The number of aromatic nitrogens is 1. The van der Waals surface area contributed by atoms with E-state index in [1.165, 1.54) is 7.11 Å². The Balaban J connectivity index is 2.75. The first-order valence-corrected chi connectivity index (χ1v) is 5.86. The molecule has 0 aliphatic heterocycles. The third-order valence-corrected chi connectivity index (χ3v) is 2.47. The van der Waals surface area contributed by atoms with Gasteiger partial charge in [0, 0.05) is 11.9 Å². The number of hydrogen-bond donors (Lipinski definition) is 1. The smallest absolute Gasteiger partial charge is 0.328 e. The maximum absolute atomic E-state index is 11.6. The third kappa shape index (κ3) is 4.61. The molecule has 1 rings (SSSR count). The highest BCUT2D eigenvalue weighted by Gasteiger charge is 2.20. The van der Waals surface area contributed by atoms with Crippen molar-refractivity contribution < 1.29 is 9.53 Å². The Bertz CT molecular complexity index is 383. The van der Waals surface area contributed by atoms with Crippen molar-refractivity contribution in [3.63, 3.8) is 0 Å². The minimum absolute atomic E-state index is 0.272. The minimum atomic E-state index is -0.363. The fourth-order valence-electron chi connectivity index (χ4n) is 1.52. The van der Waals surface area contributed by atoms with Crippen LogP contribution in [-0.2, 0) is 9.53 Å². The molecule has 0 radical (unpaired) electrons. The van der Waals surface area contributed by atoms with Crippen LogP contribution in [0.25, 0.3) is 0 Å². The molecule has 94 valence electrons. The summed E-state index contributed by atoms with van der Waals surface area (Å²) in [5.74, 6) is 0.121. The first-order valence-electron chi connectivity index (χ1n) is 5.49. The average Bonchev–Trinajstić information content (AvgIpc) is 2.26. The van der Waals surface area contributed by atoms with Crippen molar-refractivity contribution in [3.05, 3.63) is 23.5 Å². The molecule has 0 aliphatic carbocycles. The van der Waals surface area contributed by atoms with Gasteiger partial charge in [0.15, 0.2) is 0 Å². The fraction of sp³-hybridized carbons (Fsp3) is 0.500. The second-order valence-electron chi connectivity index (χ2n) is 4.22. The van der Waals surface area contributed by atoms with Crippen molar-refractivity contribution in [2.75, 3.05) is 12.4 Å². The van der Waals surface area contributed by atoms with E-state index < -0.39 is 0 Å². The first-order chi connectivity index (χ1) is 8.02. The van der Waals surface area contributed by atoms with Gasteiger partial charge in [-0.1, -0.05) is 25.4 Å². The van der Waals surface area contributed by atoms with Crippen LogP contribution in [0.3, 0.4) is 0 Å². The Hall–Kier alpha value is -1.29. The molecule has 0 spiro atoms. The Morgan fingerprint density at radius 3 is 2.82 bits per heavy atom. The maximum Gasteiger partial charge on any atom is 0.328 e. The molecule has 0 saturated heterocycles. The molecule has 0 fully saturated rings. The summed E-state index contributed by atoms with van der Waals surface area (Å²) >= 11 is 5.78. The number of methoxy groups -OCH3 is 1. The number of carbonyl (C=O) groups is 1. The molecule has 1 atom stereocenters. The van der Waals surface area contributed by atoms with E-state index in [0.29, 0.717) is 17.5 Å². The van der Waals surface area contributed by atoms with Crippen molar-refractivity contribution in [2.24, 2.45) is 5.92 Å². The van der Waals surface area contributed by atoms with Crippen LogP contribution in [0.1, 0.15) is 20.3 Å². The van der Waals surface area contributed by atoms with Crippen LogP contribution >= 0.6 is 11.6 Å². The SMILES string of the molecule is COC(=O)C(CC(C)C)Nc1ccnc(Cl)c1. The van der Waals surface area contributed by atoms with Gasteiger partial charge in [0.2, 0.25) is 0 Å². The minimum Gasteiger partial charge on any atom is -0.467 e. The molecule has 5 heteroatoms. The highest BCUT2D eigenvalue weighted by Crippen LogP contribution is 2.16. The van der Waals surface area contributed by atoms with Crippen molar-refractivity contribution >= 4 is 23.3 Å². The van der Waals surface area contributed by atoms with Crippen LogP contribution < -0.4 is 5.32 Å². The number of rotatable bonds is 5. The molecule has 0 aliphatic rings. The van der Waals surface area contributed by atoms with Crippen molar-refractivity contribution in [1.82, 2.24) is 4.98 Å². The Morgan fingerprint density at radius 2 is 2.29 bits per heavy atom. The van der Waals surface area contributed by atoms with Crippen LogP contribution in [0.5, 0.6) is 0 Å². The van der Waals surface area contributed by atoms with Gasteiger partial charge in [0.25, 0.3) is 0 Å². The van der Waals surface area contributed by atoms with E-state index in [0.717, 1.165) is 5.69 Å². The highest BCUT2D eigenvalue weighted by atomic mass is 35.5. The summed E-state index contributed by atoms with van der Waals surface area (Å²) in [6.45, 7) is 4.11. The summed E-state index contributed by atoms with van der Waals surface area (Å²) < 4.78 is 4.77. The van der Waals surface area contributed by atoms with Crippen LogP contribution in [-0.4, -0.2) is 24.1 Å². The number of halogens is 1. The summed E-state index contributed by atoms with van der Waals surface area (Å²) in [6, 6.07) is 3.08. The Labute approximate surface area is 106 Å². The van der Waals surface area contributed by atoms with Crippen molar-refractivity contribution in [1.29, 1.82) is 0 Å². The largest absolute Gasteiger partial charge is 0.467 e. The molecule has 1 aromatic rings. The summed E-state index contributed by atoms with van der Waals surface area (Å²) in [6.07, 6.45) is 2.29. The fourth-order valence-corrected chi connectivity index (χ4v) is 1.70. The molecule has 0 saturated carbocycles. The van der Waals surface area contributed by atoms with Crippen molar-refractivity contribution in [3.8, 4) is 0 Å². The Morgan fingerprint density at radius 1 is 1.59 bits per heavy atom. The molecule has 0 bridgehead atoms. The number of ether oxygens (including phenoxy) is 1. The molecular weight excluding hydrogens is 240 g/mol. The molecule has 1 N–H and O–H groups in total. The normalized spacial score (nSPS) is 12.3. The van der Waals surface area contributed by atoms with Crippen molar-refractivity contribution in [2.45, 2.75) is 26.3 Å². The van der Waals surface area contributed by atoms with Crippen LogP contribution in [0, 0.1) is 5.92 Å². The van der Waals surface area contributed by atoms with Gasteiger partial charge in [-0.2, -0.15) is 0 Å². The predicted molar refractivity (Wildman–Crippen MR) is 68.1 cm³/mol. The number of hydrogen-bond acceptors (Lipinski definition) is 4. The predicted octanol–water partition coefficient (Wildman–Crippen LogP) is 2.73. The maximum atomic E-state index is 11.6. The van der Waals surface area contributed by atoms with Crippen LogP contribution in [0.15, 0.2) is 18.3 Å². The monoisotopic (exact) mass is 256 g/mol. The lowest BCUT2D eigenvalue weighted by Gasteiger charge is -2.19. The zero-order chi connectivity index (χ0) is 12.8. The lowest BCUT2D eigenvalue weighted by molar-refractivity contribution is -0.141. The van der Waals surface area contributed by atoms with Gasteiger partial charge < -0.3 is 10.1 Å². The van der Waals surface area contributed by atoms with E-state index in [1.54, 1.807) is 18.3 Å². The van der Waals surface area contributed by atoms with Gasteiger partial charge in [0.05, 0.1) is 7.11 Å². The molecule has 4 nitrogen and oxygen atoms in total. The quantitative estimate of drug-likeness (QED) is 0.650. The lowest BCUT2D eigenvalue weighted by Crippen LogP contribution is -2.32. The number of pyridine rings is 1. The van der Waals surface area contributed by atoms with Crippen LogP contribution in [0.2, 0.25) is 5.15 Å². The summed E-state index contributed by atoms with van der Waals surface area (Å²) in [5, 5.41) is 3.49. The van der Waals surface area contributed by atoms with Gasteiger partial charge in [0.1, 0.15) is 11.2 Å². The number of nitrogens with one attached hydrogen (secondary N) is 1. The van der Waals surface area contributed by atoms with Gasteiger partial charge in [-0.3, -0.25) is 0 Å². The number of carbonyl (C=O) groups excluding carboxylic acids is 1. The number of anilines is 1. The van der Waals surface area contributed by atoms with E-state index in [1.807, 2.05) is 0 Å². The van der Waals surface area contributed by atoms with Crippen LogP contribution in [0.4, 0.5) is 5.69 Å². The molecule has 1 aromatic heterocycles. The zero-order valence-corrected chi connectivity index (χ0v) is 11.0. The third-order valence-electron chi connectivity index (χ3n) is 2.26. The summed E-state index contributed by atoms with van der Waals surface area (Å²) in [7, 11) is 1.39. The molecule has 1 unspecified atom stereocenters. The van der Waals surface area contributed by atoms with Gasteiger partial charge in [-0.25, -0.2) is 9.78 Å². The zero-order valence-electron chi connectivity index (χ0n) is 10.2. The Kier molecular flexibility index (Phi) is 5.22. The first kappa shape index (κ1) is 13.8. The molecule has 0 amide bonds. The standard InChI is InChI=1S/C12H17ClN2O2/c1-8(2)6-10(12(16)17-3)15-9-4-5-14-11(13)7-9/h4-5,7-8,10H,6H2,1-3H3,(H,14,15). The topological polar surface area (TPSA) is 51.2 Å². The molecular formula is C12H17ClN2O2. The lowest BCUT2D eigenvalue weighted by atomic mass is 10.0. The van der Waals surface area contributed by atoms with E-state index in [-0.39, 0.29) is 12.0 Å². The number of nitrogens with zero attached hydrogens (tertiary/aromatic N) is 1. The summed E-state index contributed by atoms with van der Waals surface area (Å²) in [4.78, 5) is 15.5. The molecule has 17 heavy (non-hydrogen) atoms. The van der Waals surface area contributed by atoms with E-state index in [2.05, 4.69) is 24.1 Å². The van der Waals surface area contributed by atoms with Gasteiger partial charge in [-0.15, -0.1) is 0 Å². The van der Waals surface area contributed by atoms with Gasteiger partial charge in [-0.05, 0) is 24.5 Å². The summed E-state index contributed by atoms with van der Waals surface area (Å²) in [5.41, 5.74) is 0.765. The molecule has 0 aromatic carbocycles. The van der Waals surface area contributed by atoms with E-state index in [9.17, 15) is 4.79 Å².